The molecule has 0 heterocycles. The lowest BCUT2D eigenvalue weighted by Crippen LogP contribution is -2.44. The zero-order valence-corrected chi connectivity index (χ0v) is 38.5. The van der Waals surface area contributed by atoms with Crippen LogP contribution in [0.15, 0.2) is 121 Å². The summed E-state index contributed by atoms with van der Waals surface area (Å²) in [5.41, 5.74) is 2.83. The number of hydrogen-bond acceptors (Lipinski definition) is 8. The van der Waals surface area contributed by atoms with Crippen molar-refractivity contribution in [1.82, 2.24) is 10.6 Å². The highest BCUT2D eigenvalue weighted by molar-refractivity contribution is 6.38. The van der Waals surface area contributed by atoms with Gasteiger partial charge in [-0.05, 0) is 85.8 Å². The van der Waals surface area contributed by atoms with Crippen LogP contribution in [-0.2, 0) is 36.8 Å². The zero-order valence-electron chi connectivity index (χ0n) is 38.5. The lowest BCUT2D eigenvalue weighted by atomic mass is 9.84. The molecule has 0 aliphatic rings. The molecule has 3 unspecified atom stereocenters. The molecular weight excluding hydrogens is 805 g/mol. The van der Waals surface area contributed by atoms with Gasteiger partial charge in [0.2, 0.25) is 5.78 Å². The second-order valence-electron chi connectivity index (χ2n) is 17.4. The number of Topliss-reactive ketones (excluding diaryl/α,β-unsaturated/α-hetero) is 5. The molecule has 0 aliphatic heterocycles. The molecule has 4 aromatic carbocycles. The van der Waals surface area contributed by atoms with Crippen molar-refractivity contribution >= 4 is 40.7 Å². The van der Waals surface area contributed by atoms with Gasteiger partial charge >= 0.3 is 0 Å². The maximum Gasteiger partial charge on any atom is 0.251 e. The van der Waals surface area contributed by atoms with Crippen molar-refractivity contribution in [2.24, 2.45) is 23.7 Å². The van der Waals surface area contributed by atoms with Crippen molar-refractivity contribution in [3.63, 3.8) is 0 Å². The minimum atomic E-state index is -1.20. The van der Waals surface area contributed by atoms with Crippen LogP contribution in [-0.4, -0.2) is 64.0 Å². The highest BCUT2D eigenvalue weighted by Gasteiger charge is 2.33. The van der Waals surface area contributed by atoms with Crippen molar-refractivity contribution in [3.05, 3.63) is 144 Å². The predicted molar refractivity (Wildman–Crippen MR) is 252 cm³/mol. The molecule has 10 nitrogen and oxygen atoms in total. The summed E-state index contributed by atoms with van der Waals surface area (Å²) in [5, 5.41) is 16.5. The van der Waals surface area contributed by atoms with Gasteiger partial charge in [-0.25, -0.2) is 0 Å². The van der Waals surface area contributed by atoms with Gasteiger partial charge in [0.05, 0.1) is 12.1 Å². The molecule has 0 fully saturated rings. The first-order valence-electron chi connectivity index (χ1n) is 22.8. The van der Waals surface area contributed by atoms with Crippen molar-refractivity contribution in [1.29, 1.82) is 0 Å². The molecule has 0 saturated carbocycles. The molecule has 0 aromatic heterocycles. The monoisotopic (exact) mass is 872 g/mol. The SMILES string of the molecule is CCCC(=O)C(=O)C(CC(=O)[C@H](CC(C)C)NC(=O)c1ccccc1)Cc1ccccc1.CCCC(=O)C(O)C(CC(=O)[C@H](CC(C)C)NC(=O)c1ccccc1)Cc1ccccc1. The van der Waals surface area contributed by atoms with Crippen LogP contribution in [0.25, 0.3) is 0 Å². The van der Waals surface area contributed by atoms with Gasteiger partial charge in [-0.2, -0.15) is 0 Å². The molecule has 0 bridgehead atoms. The van der Waals surface area contributed by atoms with Crippen LogP contribution in [0, 0.1) is 23.7 Å². The second kappa shape index (κ2) is 28.0. The van der Waals surface area contributed by atoms with Gasteiger partial charge < -0.3 is 15.7 Å². The molecule has 2 amide bonds. The van der Waals surface area contributed by atoms with E-state index < -0.39 is 41.6 Å². The van der Waals surface area contributed by atoms with E-state index in [-0.39, 0.29) is 66.7 Å². The maximum absolute atomic E-state index is 13.3. The topological polar surface area (TPSA) is 164 Å². The van der Waals surface area contributed by atoms with E-state index >= 15 is 0 Å². The summed E-state index contributed by atoms with van der Waals surface area (Å²) in [6, 6.07) is 35.1. The van der Waals surface area contributed by atoms with Crippen molar-refractivity contribution in [2.45, 2.75) is 124 Å². The molecule has 10 heteroatoms. The summed E-state index contributed by atoms with van der Waals surface area (Å²) in [6.07, 6.45) is 2.13. The highest BCUT2D eigenvalue weighted by Crippen LogP contribution is 2.23. The Labute approximate surface area is 380 Å². The first-order valence-corrected chi connectivity index (χ1v) is 22.8. The van der Waals surface area contributed by atoms with Crippen LogP contribution >= 0.6 is 0 Å². The van der Waals surface area contributed by atoms with Gasteiger partial charge in [0.15, 0.2) is 23.1 Å². The van der Waals surface area contributed by atoms with E-state index in [0.717, 1.165) is 11.1 Å². The molecule has 0 radical (unpaired) electrons. The molecular formula is C54H68N2O8. The van der Waals surface area contributed by atoms with Crippen LogP contribution in [0.4, 0.5) is 0 Å². The maximum atomic E-state index is 13.3. The molecule has 4 aromatic rings. The number of amides is 2. The van der Waals surface area contributed by atoms with Gasteiger partial charge in [-0.3, -0.25) is 33.6 Å². The Kier molecular flexibility index (Phi) is 23.0. The number of benzene rings is 4. The Balaban J connectivity index is 0.000000340. The van der Waals surface area contributed by atoms with E-state index in [9.17, 15) is 38.7 Å². The lowest BCUT2D eigenvalue weighted by Gasteiger charge is -2.25. The van der Waals surface area contributed by atoms with Gasteiger partial charge in [-0.15, -0.1) is 0 Å². The fourth-order valence-electron chi connectivity index (χ4n) is 7.54. The van der Waals surface area contributed by atoms with Gasteiger partial charge in [0.1, 0.15) is 6.10 Å². The molecule has 4 rings (SSSR count). The quantitative estimate of drug-likeness (QED) is 0.0527. The number of ketones is 5. The van der Waals surface area contributed by atoms with Crippen LogP contribution < -0.4 is 10.6 Å². The minimum absolute atomic E-state index is 0.0258. The van der Waals surface area contributed by atoms with E-state index in [4.69, 9.17) is 0 Å². The summed E-state index contributed by atoms with van der Waals surface area (Å²) in [4.78, 5) is 89.5. The van der Waals surface area contributed by atoms with Crippen molar-refractivity contribution < 1.29 is 38.7 Å². The summed E-state index contributed by atoms with van der Waals surface area (Å²) >= 11 is 0. The summed E-state index contributed by atoms with van der Waals surface area (Å²) < 4.78 is 0. The van der Waals surface area contributed by atoms with E-state index in [2.05, 4.69) is 10.6 Å². The molecule has 0 spiro atoms. The van der Waals surface area contributed by atoms with E-state index in [1.807, 2.05) is 114 Å². The summed E-state index contributed by atoms with van der Waals surface area (Å²) in [6.45, 7) is 11.7. The van der Waals surface area contributed by atoms with Crippen LogP contribution in [0.2, 0.25) is 0 Å². The van der Waals surface area contributed by atoms with Crippen molar-refractivity contribution in [2.75, 3.05) is 0 Å². The lowest BCUT2D eigenvalue weighted by molar-refractivity contribution is -0.140. The van der Waals surface area contributed by atoms with E-state index in [1.54, 1.807) is 48.5 Å². The fraction of sp³-hybridized carbons (Fsp3) is 0.426. The minimum Gasteiger partial charge on any atom is -0.385 e. The Morgan fingerprint density at radius 3 is 1.30 bits per heavy atom. The van der Waals surface area contributed by atoms with Crippen LogP contribution in [0.5, 0.6) is 0 Å². The third-order valence-corrected chi connectivity index (χ3v) is 10.8. The van der Waals surface area contributed by atoms with Gasteiger partial charge in [-0.1, -0.05) is 139 Å². The predicted octanol–water partition coefficient (Wildman–Crippen LogP) is 8.97. The number of rotatable bonds is 26. The Hall–Kier alpha value is -5.87. The number of carbonyl (C=O) groups excluding carboxylic acids is 7. The molecule has 64 heavy (non-hydrogen) atoms. The second-order valence-corrected chi connectivity index (χ2v) is 17.4. The third kappa shape index (κ3) is 18.5. The first-order chi connectivity index (χ1) is 30.6. The van der Waals surface area contributed by atoms with E-state index in [0.29, 0.717) is 49.7 Å². The number of carbonyl (C=O) groups is 7. The van der Waals surface area contributed by atoms with Crippen LogP contribution in [0.3, 0.4) is 0 Å². The Morgan fingerprint density at radius 2 is 0.891 bits per heavy atom. The summed E-state index contributed by atoms with van der Waals surface area (Å²) in [5.74, 6) is -3.08. The highest BCUT2D eigenvalue weighted by atomic mass is 16.3. The molecule has 342 valence electrons. The molecule has 0 aliphatic carbocycles. The van der Waals surface area contributed by atoms with E-state index in [1.165, 1.54) is 0 Å². The molecule has 5 atom stereocenters. The number of aliphatic hydroxyl groups is 1. The first kappa shape index (κ1) is 52.5. The molecule has 0 saturated heterocycles. The number of nitrogens with one attached hydrogen (secondary N) is 2. The Morgan fingerprint density at radius 1 is 0.500 bits per heavy atom. The average Bonchev–Trinajstić information content (AvgIpc) is 3.28. The Bertz CT molecular complexity index is 2070. The zero-order chi connectivity index (χ0) is 47.0. The van der Waals surface area contributed by atoms with Gasteiger partial charge in [0.25, 0.3) is 11.8 Å². The third-order valence-electron chi connectivity index (χ3n) is 10.8. The fourth-order valence-corrected chi connectivity index (χ4v) is 7.54. The average molecular weight is 873 g/mol. The normalized spacial score (nSPS) is 13.3. The van der Waals surface area contributed by atoms with Crippen molar-refractivity contribution in [3.8, 4) is 0 Å². The summed E-state index contributed by atoms with van der Waals surface area (Å²) in [7, 11) is 0. The number of hydrogen-bond donors (Lipinski definition) is 3. The number of aliphatic hydroxyl groups excluding tert-OH is 1. The molecule has 3 N–H and O–H groups in total. The van der Waals surface area contributed by atoms with Crippen LogP contribution in [0.1, 0.15) is 125 Å². The smallest absolute Gasteiger partial charge is 0.251 e. The standard InChI is InChI=1S/C27H35NO4.C27H33NO4/c2*1-4-11-24(29)26(31)22(17-20-12-7-5-8-13-20)18-25(30)23(16-19(2)3)28-27(32)21-14-9-6-10-15-21/h5-10,12-15,19,22-23,26,31H,4,11,16-18H2,1-3H3,(H,28,32);5-10,12-15,19,22-23H,4,11,16-18H2,1-3H3,(H,28,32)/t22?,23-,26?;22?,23-/m00/s1. The largest absolute Gasteiger partial charge is 0.385 e. The van der Waals surface area contributed by atoms with Gasteiger partial charge in [0, 0.05) is 48.6 Å².